The van der Waals surface area contributed by atoms with E-state index in [4.69, 9.17) is 14.7 Å². The lowest BCUT2D eigenvalue weighted by Gasteiger charge is -2.32. The molecule has 156 valence electrons. The summed E-state index contributed by atoms with van der Waals surface area (Å²) in [6.45, 7) is 7.26. The summed E-state index contributed by atoms with van der Waals surface area (Å²) < 4.78 is 7.36. The van der Waals surface area contributed by atoms with E-state index in [0.717, 1.165) is 36.2 Å². The Morgan fingerprint density at radius 1 is 1.17 bits per heavy atom. The van der Waals surface area contributed by atoms with Crippen LogP contribution in [0.25, 0.3) is 11.0 Å². The highest BCUT2D eigenvalue weighted by Gasteiger charge is 2.40. The van der Waals surface area contributed by atoms with Gasteiger partial charge in [0.25, 0.3) is 0 Å². The Morgan fingerprint density at radius 2 is 2.00 bits per heavy atom. The number of likely N-dealkylation sites (tertiary alicyclic amines) is 1. The second-order valence-corrected chi connectivity index (χ2v) is 9.38. The highest BCUT2D eigenvalue weighted by atomic mass is 16.6. The number of imidazole rings is 1. The van der Waals surface area contributed by atoms with E-state index in [1.807, 2.05) is 57.3 Å². The van der Waals surface area contributed by atoms with Crippen molar-refractivity contribution in [3.63, 3.8) is 0 Å². The first-order valence-corrected chi connectivity index (χ1v) is 10.8. The van der Waals surface area contributed by atoms with Gasteiger partial charge in [-0.15, -0.1) is 0 Å². The molecule has 1 fully saturated rings. The maximum atomic E-state index is 13.1. The largest absolute Gasteiger partial charge is 0.443 e. The Kier molecular flexibility index (Phi) is 4.62. The monoisotopic (exact) mass is 404 g/mol. The third kappa shape index (κ3) is 3.39. The summed E-state index contributed by atoms with van der Waals surface area (Å²) >= 11 is 0. The van der Waals surface area contributed by atoms with Gasteiger partial charge in [-0.05, 0) is 76.3 Å². The van der Waals surface area contributed by atoms with Gasteiger partial charge in [-0.25, -0.2) is 14.3 Å². The number of pyridine rings is 1. The molecule has 1 saturated heterocycles. The van der Waals surface area contributed by atoms with Crippen LogP contribution in [0.1, 0.15) is 56.7 Å². The maximum Gasteiger partial charge on any atom is 0.420 e. The minimum Gasteiger partial charge on any atom is -0.443 e. The van der Waals surface area contributed by atoms with E-state index in [0.29, 0.717) is 18.5 Å². The van der Waals surface area contributed by atoms with E-state index in [1.165, 1.54) is 17.7 Å². The van der Waals surface area contributed by atoms with E-state index in [2.05, 4.69) is 11.0 Å². The van der Waals surface area contributed by atoms with Crippen molar-refractivity contribution in [3.8, 4) is 0 Å². The average Bonchev–Trinajstić information content (AvgIpc) is 3.28. The van der Waals surface area contributed by atoms with E-state index >= 15 is 0 Å². The third-order valence-electron chi connectivity index (χ3n) is 6.17. The van der Waals surface area contributed by atoms with Gasteiger partial charge in [0.1, 0.15) is 11.4 Å². The van der Waals surface area contributed by atoms with Gasteiger partial charge in [0.2, 0.25) is 0 Å². The Hall–Kier alpha value is -2.73. The first kappa shape index (κ1) is 19.2. The molecule has 1 aliphatic heterocycles. The Morgan fingerprint density at radius 3 is 2.83 bits per heavy atom. The van der Waals surface area contributed by atoms with Crippen LogP contribution < -0.4 is 0 Å². The Bertz CT molecular complexity index is 1100. The van der Waals surface area contributed by atoms with Gasteiger partial charge in [0.05, 0.1) is 29.3 Å². The number of carbonyl (C=O) groups is 1. The summed E-state index contributed by atoms with van der Waals surface area (Å²) in [6.07, 6.45) is 4.99. The minimum atomic E-state index is -0.565. The van der Waals surface area contributed by atoms with Gasteiger partial charge >= 0.3 is 6.09 Å². The topological polar surface area (TPSA) is 60.2 Å². The maximum absolute atomic E-state index is 13.1. The predicted octanol–water partition coefficient (Wildman–Crippen LogP) is 4.72. The lowest BCUT2D eigenvalue weighted by atomic mass is 9.83. The number of para-hydroxylation sites is 2. The van der Waals surface area contributed by atoms with Crippen molar-refractivity contribution in [2.24, 2.45) is 5.92 Å². The fourth-order valence-corrected chi connectivity index (χ4v) is 4.95. The molecule has 2 atom stereocenters. The van der Waals surface area contributed by atoms with Gasteiger partial charge in [-0.2, -0.15) is 0 Å². The third-order valence-corrected chi connectivity index (χ3v) is 6.17. The number of benzene rings is 1. The number of hydrogen-bond donors (Lipinski definition) is 0. The summed E-state index contributed by atoms with van der Waals surface area (Å²) in [7, 11) is 0. The smallest absolute Gasteiger partial charge is 0.420 e. The van der Waals surface area contributed by atoms with Crippen LogP contribution in [0.15, 0.2) is 42.6 Å². The molecule has 0 N–H and O–H groups in total. The van der Waals surface area contributed by atoms with E-state index in [-0.39, 0.29) is 6.09 Å². The van der Waals surface area contributed by atoms with Crippen molar-refractivity contribution < 1.29 is 9.53 Å². The number of aryl methyl sites for hydroxylation is 1. The molecule has 3 heterocycles. The SMILES string of the molecule is CC(C)(C)OC(=O)n1c(CN2CCC3CCc4cccnc4C32)nc2ccccc21. The van der Waals surface area contributed by atoms with Crippen LogP contribution in [0.3, 0.4) is 0 Å². The lowest BCUT2D eigenvalue weighted by molar-refractivity contribution is 0.0533. The molecule has 2 unspecified atom stereocenters. The number of ether oxygens (including phenoxy) is 1. The number of hydrogen-bond acceptors (Lipinski definition) is 5. The van der Waals surface area contributed by atoms with Crippen molar-refractivity contribution in [1.82, 2.24) is 19.4 Å². The fourth-order valence-electron chi connectivity index (χ4n) is 4.95. The Balaban J connectivity index is 1.52. The van der Waals surface area contributed by atoms with Crippen LogP contribution in [0.5, 0.6) is 0 Å². The highest BCUT2D eigenvalue weighted by molar-refractivity contribution is 5.87. The molecular formula is C24H28N4O2. The molecular weight excluding hydrogens is 376 g/mol. The van der Waals surface area contributed by atoms with Crippen LogP contribution in [0, 0.1) is 5.92 Å². The van der Waals surface area contributed by atoms with E-state index < -0.39 is 5.60 Å². The van der Waals surface area contributed by atoms with Gasteiger partial charge in [-0.3, -0.25) is 9.88 Å². The van der Waals surface area contributed by atoms with Crippen LogP contribution in [-0.2, 0) is 17.7 Å². The first-order valence-electron chi connectivity index (χ1n) is 10.8. The predicted molar refractivity (Wildman–Crippen MR) is 115 cm³/mol. The van der Waals surface area contributed by atoms with E-state index in [9.17, 15) is 4.79 Å². The number of fused-ring (bicyclic) bond motifs is 4. The fraction of sp³-hybridized carbons (Fsp3) is 0.458. The molecule has 0 amide bonds. The molecule has 5 rings (SSSR count). The molecule has 6 nitrogen and oxygen atoms in total. The van der Waals surface area contributed by atoms with Gasteiger partial charge in [0.15, 0.2) is 0 Å². The van der Waals surface area contributed by atoms with Crippen LogP contribution in [-0.4, -0.2) is 37.7 Å². The zero-order valence-electron chi connectivity index (χ0n) is 17.8. The molecule has 0 spiro atoms. The molecule has 1 aliphatic carbocycles. The van der Waals surface area contributed by atoms with Crippen LogP contribution >= 0.6 is 0 Å². The second kappa shape index (κ2) is 7.20. The summed E-state index contributed by atoms with van der Waals surface area (Å²) in [6, 6.07) is 12.3. The first-order chi connectivity index (χ1) is 14.4. The van der Waals surface area contributed by atoms with Crippen LogP contribution in [0.2, 0.25) is 0 Å². The summed E-state index contributed by atoms with van der Waals surface area (Å²) in [4.78, 5) is 25.1. The zero-order chi connectivity index (χ0) is 20.9. The highest BCUT2D eigenvalue weighted by Crippen LogP contribution is 2.44. The van der Waals surface area contributed by atoms with Crippen molar-refractivity contribution in [3.05, 3.63) is 59.7 Å². The minimum absolute atomic E-state index is 0.293. The van der Waals surface area contributed by atoms with Crippen molar-refractivity contribution >= 4 is 17.1 Å². The molecule has 0 bridgehead atoms. The molecule has 3 aromatic rings. The number of carbonyl (C=O) groups excluding carboxylic acids is 1. The lowest BCUT2D eigenvalue weighted by Crippen LogP contribution is -2.32. The van der Waals surface area contributed by atoms with Gasteiger partial charge in [0, 0.05) is 6.20 Å². The summed E-state index contributed by atoms with van der Waals surface area (Å²) in [5.41, 5.74) is 3.60. The normalized spacial score (nSPS) is 21.4. The standard InChI is InChI=1S/C24H28N4O2/c1-24(2,3)30-23(29)28-19-9-5-4-8-18(19)26-20(28)15-27-14-12-17-11-10-16-7-6-13-25-21(16)22(17)27/h4-9,13,17,22H,10-12,14-15H2,1-3H3. The summed E-state index contributed by atoms with van der Waals surface area (Å²) in [5.74, 6) is 1.35. The molecule has 2 aromatic heterocycles. The molecule has 6 heteroatoms. The molecule has 30 heavy (non-hydrogen) atoms. The van der Waals surface area contributed by atoms with Gasteiger partial charge < -0.3 is 4.74 Å². The van der Waals surface area contributed by atoms with Crippen molar-refractivity contribution in [1.29, 1.82) is 0 Å². The number of nitrogens with zero attached hydrogens (tertiary/aromatic N) is 4. The quantitative estimate of drug-likeness (QED) is 0.618. The summed E-state index contributed by atoms with van der Waals surface area (Å²) in [5, 5.41) is 0. The molecule has 0 saturated carbocycles. The Labute approximate surface area is 176 Å². The average molecular weight is 405 g/mol. The number of aromatic nitrogens is 3. The molecule has 2 aliphatic rings. The molecule has 1 aromatic carbocycles. The molecule has 0 radical (unpaired) electrons. The van der Waals surface area contributed by atoms with Crippen molar-refractivity contribution in [2.45, 2.75) is 58.2 Å². The van der Waals surface area contributed by atoms with Crippen LogP contribution in [0.4, 0.5) is 4.79 Å². The van der Waals surface area contributed by atoms with E-state index in [1.54, 1.807) is 4.57 Å². The number of rotatable bonds is 2. The zero-order valence-corrected chi connectivity index (χ0v) is 17.8. The van der Waals surface area contributed by atoms with Gasteiger partial charge in [-0.1, -0.05) is 18.2 Å². The second-order valence-electron chi connectivity index (χ2n) is 9.38. The van der Waals surface area contributed by atoms with Crippen molar-refractivity contribution in [2.75, 3.05) is 6.54 Å².